The Kier molecular flexibility index (Phi) is 2.48. The van der Waals surface area contributed by atoms with Crippen LogP contribution in [0.2, 0.25) is 0 Å². The van der Waals surface area contributed by atoms with E-state index in [4.69, 9.17) is 13.9 Å². The third kappa shape index (κ3) is 1.64. The Morgan fingerprint density at radius 2 is 2.28 bits per heavy atom. The van der Waals surface area contributed by atoms with Gasteiger partial charge in [0.2, 0.25) is 0 Å². The van der Waals surface area contributed by atoms with Gasteiger partial charge >= 0.3 is 5.63 Å². The normalized spacial score (nSPS) is 18.2. The monoisotopic (exact) mass is 248 g/mol. The van der Waals surface area contributed by atoms with Crippen molar-refractivity contribution in [2.45, 2.75) is 12.5 Å². The molecule has 5 nitrogen and oxygen atoms in total. The molecule has 94 valence electrons. The molecule has 0 saturated carbocycles. The van der Waals surface area contributed by atoms with Gasteiger partial charge in [-0.2, -0.15) is 0 Å². The summed E-state index contributed by atoms with van der Waals surface area (Å²) in [5.41, 5.74) is 0.381. The first kappa shape index (κ1) is 11.1. The molecule has 1 N–H and O–H groups in total. The maximum absolute atomic E-state index is 11.8. The van der Waals surface area contributed by atoms with Crippen molar-refractivity contribution < 1.29 is 19.0 Å². The molecule has 1 aromatic heterocycles. The van der Waals surface area contributed by atoms with Crippen molar-refractivity contribution in [1.82, 2.24) is 0 Å². The van der Waals surface area contributed by atoms with Gasteiger partial charge in [0.25, 0.3) is 0 Å². The number of hydrogen-bond acceptors (Lipinski definition) is 5. The lowest BCUT2D eigenvalue weighted by atomic mass is 10.0. The summed E-state index contributed by atoms with van der Waals surface area (Å²) in [4.78, 5) is 11.8. The number of rotatable bonds is 1. The predicted molar refractivity (Wildman–Crippen MR) is 64.2 cm³/mol. The van der Waals surface area contributed by atoms with Crippen LogP contribution in [0.5, 0.6) is 11.5 Å². The summed E-state index contributed by atoms with van der Waals surface area (Å²) in [5.74, 6) is 1.15. The summed E-state index contributed by atoms with van der Waals surface area (Å²) in [6.07, 6.45) is -0.409. The number of hydrogen-bond donors (Lipinski definition) is 1. The molecule has 18 heavy (non-hydrogen) atoms. The quantitative estimate of drug-likeness (QED) is 0.765. The smallest absolute Gasteiger partial charge is 0.343 e. The van der Waals surface area contributed by atoms with E-state index in [2.05, 4.69) is 0 Å². The first-order valence-corrected chi connectivity index (χ1v) is 5.63. The zero-order chi connectivity index (χ0) is 12.7. The van der Waals surface area contributed by atoms with Crippen LogP contribution in [0.25, 0.3) is 11.0 Å². The van der Waals surface area contributed by atoms with Crippen LogP contribution in [0.15, 0.2) is 27.4 Å². The minimum atomic E-state index is -0.663. The van der Waals surface area contributed by atoms with Crippen LogP contribution in [-0.2, 0) is 6.42 Å². The zero-order valence-electron chi connectivity index (χ0n) is 9.80. The molecular weight excluding hydrogens is 236 g/mol. The molecule has 1 atom stereocenters. The highest BCUT2D eigenvalue weighted by Gasteiger charge is 2.24. The fourth-order valence-electron chi connectivity index (χ4n) is 2.13. The fourth-order valence-corrected chi connectivity index (χ4v) is 2.13. The molecule has 0 bridgehead atoms. The van der Waals surface area contributed by atoms with Gasteiger partial charge in [-0.1, -0.05) is 0 Å². The SMILES string of the molecule is COc1ccc2oc(=O)c3c(c2c1)OCC(O)C3. The van der Waals surface area contributed by atoms with Gasteiger partial charge in [0.1, 0.15) is 23.7 Å². The Labute approximate surface area is 103 Å². The van der Waals surface area contributed by atoms with E-state index in [1.807, 2.05) is 0 Å². The molecule has 1 aromatic carbocycles. The van der Waals surface area contributed by atoms with Gasteiger partial charge in [0.05, 0.1) is 24.2 Å². The highest BCUT2D eigenvalue weighted by Crippen LogP contribution is 2.33. The lowest BCUT2D eigenvalue weighted by Crippen LogP contribution is -2.29. The standard InChI is InChI=1S/C13H12O5/c1-16-8-2-3-11-9(5-8)12-10(13(15)18-11)4-7(14)6-17-12/h2-3,5,7,14H,4,6H2,1H3. The summed E-state index contributed by atoms with van der Waals surface area (Å²) < 4.78 is 15.8. The van der Waals surface area contributed by atoms with Gasteiger partial charge in [0.15, 0.2) is 0 Å². The van der Waals surface area contributed by atoms with E-state index in [1.54, 1.807) is 25.3 Å². The van der Waals surface area contributed by atoms with Crippen LogP contribution in [0, 0.1) is 0 Å². The summed E-state index contributed by atoms with van der Waals surface area (Å²) in [5, 5.41) is 10.2. The minimum absolute atomic E-state index is 0.183. The second-order valence-corrected chi connectivity index (χ2v) is 4.23. The van der Waals surface area contributed by atoms with Gasteiger partial charge in [-0.3, -0.25) is 0 Å². The molecule has 2 aromatic rings. The third-order valence-electron chi connectivity index (χ3n) is 3.01. The zero-order valence-corrected chi connectivity index (χ0v) is 9.80. The van der Waals surface area contributed by atoms with Gasteiger partial charge in [0, 0.05) is 6.42 Å². The molecule has 1 aliphatic rings. The molecule has 0 amide bonds. The number of ether oxygens (including phenoxy) is 2. The largest absolute Gasteiger partial charge is 0.497 e. The Morgan fingerprint density at radius 3 is 3.06 bits per heavy atom. The lowest BCUT2D eigenvalue weighted by molar-refractivity contribution is 0.0914. The highest BCUT2D eigenvalue weighted by molar-refractivity contribution is 5.86. The molecule has 2 heterocycles. The van der Waals surface area contributed by atoms with Crippen molar-refractivity contribution in [1.29, 1.82) is 0 Å². The van der Waals surface area contributed by atoms with Crippen LogP contribution < -0.4 is 15.1 Å². The number of benzene rings is 1. The van der Waals surface area contributed by atoms with Crippen LogP contribution in [-0.4, -0.2) is 24.9 Å². The minimum Gasteiger partial charge on any atom is -0.497 e. The molecule has 0 saturated heterocycles. The number of fused-ring (bicyclic) bond motifs is 3. The summed E-state index contributed by atoms with van der Waals surface area (Å²) in [6.45, 7) is 0.183. The topological polar surface area (TPSA) is 68.9 Å². The highest BCUT2D eigenvalue weighted by atomic mass is 16.5. The molecule has 1 unspecified atom stereocenters. The van der Waals surface area contributed by atoms with Crippen LogP contribution in [0.4, 0.5) is 0 Å². The van der Waals surface area contributed by atoms with Gasteiger partial charge in [-0.05, 0) is 18.2 Å². The average Bonchev–Trinajstić information content (AvgIpc) is 2.39. The van der Waals surface area contributed by atoms with Crippen molar-refractivity contribution >= 4 is 11.0 Å². The van der Waals surface area contributed by atoms with E-state index in [9.17, 15) is 9.90 Å². The first-order chi connectivity index (χ1) is 8.69. The first-order valence-electron chi connectivity index (χ1n) is 5.63. The van der Waals surface area contributed by atoms with E-state index in [0.717, 1.165) is 0 Å². The molecule has 0 spiro atoms. The maximum Gasteiger partial charge on any atom is 0.343 e. The number of aliphatic hydroxyl groups is 1. The summed E-state index contributed by atoms with van der Waals surface area (Å²) in [6, 6.07) is 5.15. The average molecular weight is 248 g/mol. The summed E-state index contributed by atoms with van der Waals surface area (Å²) >= 11 is 0. The Bertz CT molecular complexity index is 658. The Balaban J connectivity index is 2.31. The van der Waals surface area contributed by atoms with E-state index < -0.39 is 11.7 Å². The third-order valence-corrected chi connectivity index (χ3v) is 3.01. The summed E-state index contributed by atoms with van der Waals surface area (Å²) in [7, 11) is 1.57. The second kappa shape index (κ2) is 4.03. The fraction of sp³-hybridized carbons (Fsp3) is 0.308. The molecule has 1 aliphatic heterocycles. The Morgan fingerprint density at radius 1 is 1.44 bits per heavy atom. The maximum atomic E-state index is 11.8. The van der Waals surface area contributed by atoms with Crippen LogP contribution in [0.1, 0.15) is 5.56 Å². The van der Waals surface area contributed by atoms with Crippen molar-refractivity contribution in [3.63, 3.8) is 0 Å². The van der Waals surface area contributed by atoms with Crippen LogP contribution in [0.3, 0.4) is 0 Å². The van der Waals surface area contributed by atoms with Gasteiger partial charge in [-0.25, -0.2) is 4.79 Å². The van der Waals surface area contributed by atoms with Gasteiger partial charge < -0.3 is 19.0 Å². The van der Waals surface area contributed by atoms with Gasteiger partial charge in [-0.15, -0.1) is 0 Å². The van der Waals surface area contributed by atoms with Crippen molar-refractivity contribution in [2.75, 3.05) is 13.7 Å². The van der Waals surface area contributed by atoms with E-state index >= 15 is 0 Å². The predicted octanol–water partition coefficient (Wildman–Crippen LogP) is 1.10. The molecular formula is C13H12O5. The van der Waals surface area contributed by atoms with E-state index in [0.29, 0.717) is 28.0 Å². The number of methoxy groups -OCH3 is 1. The van der Waals surface area contributed by atoms with Crippen molar-refractivity contribution in [3.05, 3.63) is 34.2 Å². The van der Waals surface area contributed by atoms with E-state index in [-0.39, 0.29) is 13.0 Å². The van der Waals surface area contributed by atoms with Crippen LogP contribution >= 0.6 is 0 Å². The number of aliphatic hydroxyl groups excluding tert-OH is 1. The molecule has 3 rings (SSSR count). The molecule has 0 radical (unpaired) electrons. The molecule has 0 aliphatic carbocycles. The van der Waals surface area contributed by atoms with Crippen molar-refractivity contribution in [3.8, 4) is 11.5 Å². The van der Waals surface area contributed by atoms with Crippen molar-refractivity contribution in [2.24, 2.45) is 0 Å². The lowest BCUT2D eigenvalue weighted by Gasteiger charge is -2.21. The molecule has 5 heteroatoms. The molecule has 0 fully saturated rings. The second-order valence-electron chi connectivity index (χ2n) is 4.23. The van der Waals surface area contributed by atoms with E-state index in [1.165, 1.54) is 0 Å². The Hall–Kier alpha value is -2.01.